The molecule has 96 valence electrons. The number of fused-ring (bicyclic) bond motifs is 1. The van der Waals surface area contributed by atoms with Crippen molar-refractivity contribution in [2.45, 2.75) is 6.18 Å². The van der Waals surface area contributed by atoms with Gasteiger partial charge < -0.3 is 5.32 Å². The SMILES string of the molecule is CNc1cc(C(F)(F)F)nc2cc(F)cc(Cl)c12. The van der Waals surface area contributed by atoms with Gasteiger partial charge in [-0.15, -0.1) is 0 Å². The standard InChI is InChI=1S/C11H7ClF4N2/c1-17-7-4-9(11(14,15)16)18-8-3-5(13)2-6(12)10(7)8/h2-4H,1H3,(H,17,18). The molecule has 0 aliphatic rings. The van der Waals surface area contributed by atoms with Gasteiger partial charge in [-0.25, -0.2) is 9.37 Å². The summed E-state index contributed by atoms with van der Waals surface area (Å²) < 4.78 is 51.0. The van der Waals surface area contributed by atoms with E-state index >= 15 is 0 Å². The smallest absolute Gasteiger partial charge is 0.387 e. The summed E-state index contributed by atoms with van der Waals surface area (Å²) in [5.74, 6) is -0.735. The lowest BCUT2D eigenvalue weighted by molar-refractivity contribution is -0.140. The van der Waals surface area contributed by atoms with Crippen LogP contribution in [0.1, 0.15) is 5.69 Å². The molecule has 0 spiro atoms. The van der Waals surface area contributed by atoms with Crippen molar-refractivity contribution < 1.29 is 17.6 Å². The maximum absolute atomic E-state index is 13.1. The number of anilines is 1. The fourth-order valence-corrected chi connectivity index (χ4v) is 1.93. The molecule has 2 aromatic rings. The van der Waals surface area contributed by atoms with Crippen LogP contribution in [-0.4, -0.2) is 12.0 Å². The molecule has 18 heavy (non-hydrogen) atoms. The Hall–Kier alpha value is -1.56. The van der Waals surface area contributed by atoms with Crippen LogP contribution < -0.4 is 5.32 Å². The van der Waals surface area contributed by atoms with Gasteiger partial charge in [-0.2, -0.15) is 13.2 Å². The molecule has 0 bridgehead atoms. The summed E-state index contributed by atoms with van der Waals surface area (Å²) in [5, 5.41) is 2.86. The summed E-state index contributed by atoms with van der Waals surface area (Å²) in [7, 11) is 1.45. The number of pyridine rings is 1. The lowest BCUT2D eigenvalue weighted by Crippen LogP contribution is -2.09. The van der Waals surface area contributed by atoms with Crippen molar-refractivity contribution in [1.29, 1.82) is 0 Å². The number of benzene rings is 1. The molecule has 1 heterocycles. The molecule has 0 atom stereocenters. The molecule has 2 nitrogen and oxygen atoms in total. The summed E-state index contributed by atoms with van der Waals surface area (Å²) in [6, 6.07) is 2.78. The molecule has 1 aromatic carbocycles. The maximum Gasteiger partial charge on any atom is 0.433 e. The van der Waals surface area contributed by atoms with Gasteiger partial charge >= 0.3 is 6.18 Å². The highest BCUT2D eigenvalue weighted by molar-refractivity contribution is 6.36. The van der Waals surface area contributed by atoms with Gasteiger partial charge in [0.05, 0.1) is 10.5 Å². The van der Waals surface area contributed by atoms with Crippen LogP contribution in [0.4, 0.5) is 23.2 Å². The van der Waals surface area contributed by atoms with E-state index in [-0.39, 0.29) is 21.6 Å². The molecule has 0 radical (unpaired) electrons. The first-order chi connectivity index (χ1) is 8.32. The van der Waals surface area contributed by atoms with Crippen molar-refractivity contribution in [1.82, 2.24) is 4.98 Å². The zero-order chi connectivity index (χ0) is 13.5. The number of rotatable bonds is 1. The largest absolute Gasteiger partial charge is 0.433 e. The minimum Gasteiger partial charge on any atom is -0.387 e. The molecular formula is C11H7ClF4N2. The third-order valence-electron chi connectivity index (χ3n) is 2.39. The highest BCUT2D eigenvalue weighted by atomic mass is 35.5. The monoisotopic (exact) mass is 278 g/mol. The maximum atomic E-state index is 13.1. The number of halogens is 5. The Bertz CT molecular complexity index is 610. The van der Waals surface area contributed by atoms with Gasteiger partial charge in [0.25, 0.3) is 0 Å². The highest BCUT2D eigenvalue weighted by Crippen LogP contribution is 2.36. The van der Waals surface area contributed by atoms with Crippen molar-refractivity contribution in [2.75, 3.05) is 12.4 Å². The quantitative estimate of drug-likeness (QED) is 0.795. The molecule has 7 heteroatoms. The van der Waals surface area contributed by atoms with Gasteiger partial charge in [-0.3, -0.25) is 0 Å². The van der Waals surface area contributed by atoms with Gasteiger partial charge in [0, 0.05) is 24.2 Å². The van der Waals surface area contributed by atoms with Crippen LogP contribution in [0.2, 0.25) is 5.02 Å². The number of aromatic nitrogens is 1. The second kappa shape index (κ2) is 4.28. The summed E-state index contributed by atoms with van der Waals surface area (Å²) in [4.78, 5) is 3.39. The fraction of sp³-hybridized carbons (Fsp3) is 0.182. The zero-order valence-corrected chi connectivity index (χ0v) is 9.83. The summed E-state index contributed by atoms with van der Waals surface area (Å²) in [6.07, 6.45) is -4.60. The molecule has 0 saturated carbocycles. The predicted molar refractivity (Wildman–Crippen MR) is 61.3 cm³/mol. The van der Waals surface area contributed by atoms with Crippen LogP contribution in [0.25, 0.3) is 10.9 Å². The second-order valence-corrected chi connectivity index (χ2v) is 3.99. The number of hydrogen-bond acceptors (Lipinski definition) is 2. The van der Waals surface area contributed by atoms with E-state index in [1.165, 1.54) is 7.05 Å². The van der Waals surface area contributed by atoms with E-state index in [1.807, 2.05) is 0 Å². The molecule has 0 saturated heterocycles. The molecule has 2 rings (SSSR count). The van der Waals surface area contributed by atoms with Crippen LogP contribution in [0.5, 0.6) is 0 Å². The van der Waals surface area contributed by atoms with Crippen molar-refractivity contribution >= 4 is 28.2 Å². The van der Waals surface area contributed by atoms with Crippen LogP contribution in [0.15, 0.2) is 18.2 Å². The van der Waals surface area contributed by atoms with E-state index in [0.29, 0.717) is 0 Å². The Labute approximate surface area is 105 Å². The lowest BCUT2D eigenvalue weighted by atomic mass is 10.1. The molecule has 1 aromatic heterocycles. The number of hydrogen-bond donors (Lipinski definition) is 1. The zero-order valence-electron chi connectivity index (χ0n) is 9.07. The highest BCUT2D eigenvalue weighted by Gasteiger charge is 2.33. The lowest BCUT2D eigenvalue weighted by Gasteiger charge is -2.12. The fourth-order valence-electron chi connectivity index (χ4n) is 1.63. The van der Waals surface area contributed by atoms with Crippen molar-refractivity contribution in [3.63, 3.8) is 0 Å². The molecule has 0 aliphatic carbocycles. The summed E-state index contributed by atoms with van der Waals surface area (Å²) in [6.45, 7) is 0. The Morgan fingerprint density at radius 2 is 1.89 bits per heavy atom. The Morgan fingerprint density at radius 3 is 2.44 bits per heavy atom. The Morgan fingerprint density at radius 1 is 1.22 bits per heavy atom. The molecular weight excluding hydrogens is 272 g/mol. The van der Waals surface area contributed by atoms with Crippen molar-refractivity contribution in [3.05, 3.63) is 34.7 Å². The van der Waals surface area contributed by atoms with E-state index < -0.39 is 17.7 Å². The first kappa shape index (κ1) is 12.9. The average molecular weight is 279 g/mol. The van der Waals surface area contributed by atoms with Gasteiger partial charge in [0.2, 0.25) is 0 Å². The van der Waals surface area contributed by atoms with Crippen LogP contribution in [0.3, 0.4) is 0 Å². The van der Waals surface area contributed by atoms with E-state index in [4.69, 9.17) is 11.6 Å². The first-order valence-corrected chi connectivity index (χ1v) is 5.25. The van der Waals surface area contributed by atoms with Crippen molar-refractivity contribution in [2.24, 2.45) is 0 Å². The average Bonchev–Trinajstić information content (AvgIpc) is 2.25. The number of nitrogens with one attached hydrogen (secondary N) is 1. The van der Waals surface area contributed by atoms with Gasteiger partial charge in [-0.1, -0.05) is 11.6 Å². The Balaban J connectivity index is 2.84. The second-order valence-electron chi connectivity index (χ2n) is 3.58. The number of alkyl halides is 3. The predicted octanol–water partition coefficient (Wildman–Crippen LogP) is 4.09. The molecule has 1 N–H and O–H groups in total. The third kappa shape index (κ3) is 2.20. The molecule has 0 amide bonds. The van der Waals surface area contributed by atoms with Crippen LogP contribution in [-0.2, 0) is 6.18 Å². The van der Waals surface area contributed by atoms with Crippen LogP contribution >= 0.6 is 11.6 Å². The van der Waals surface area contributed by atoms with E-state index in [0.717, 1.165) is 18.2 Å². The van der Waals surface area contributed by atoms with E-state index in [9.17, 15) is 17.6 Å². The molecule has 0 aliphatic heterocycles. The van der Waals surface area contributed by atoms with Crippen molar-refractivity contribution in [3.8, 4) is 0 Å². The topological polar surface area (TPSA) is 24.9 Å². The minimum absolute atomic E-state index is 0.00979. The molecule has 0 unspecified atom stereocenters. The molecule has 0 fully saturated rings. The minimum atomic E-state index is -4.60. The summed E-state index contributed by atoms with van der Waals surface area (Å²) >= 11 is 5.81. The van der Waals surface area contributed by atoms with Gasteiger partial charge in [0.15, 0.2) is 0 Å². The van der Waals surface area contributed by atoms with Crippen LogP contribution in [0, 0.1) is 5.82 Å². The van der Waals surface area contributed by atoms with Gasteiger partial charge in [-0.05, 0) is 12.1 Å². The number of nitrogens with zero attached hydrogens (tertiary/aromatic N) is 1. The first-order valence-electron chi connectivity index (χ1n) is 4.87. The third-order valence-corrected chi connectivity index (χ3v) is 2.68. The Kier molecular flexibility index (Phi) is 3.06. The van der Waals surface area contributed by atoms with E-state index in [2.05, 4.69) is 10.3 Å². The van der Waals surface area contributed by atoms with Gasteiger partial charge in [0.1, 0.15) is 11.5 Å². The summed E-state index contributed by atoms with van der Waals surface area (Å²) in [5.41, 5.74) is -1.09. The van der Waals surface area contributed by atoms with E-state index in [1.54, 1.807) is 0 Å². The normalized spacial score (nSPS) is 11.9.